The van der Waals surface area contributed by atoms with Crippen molar-refractivity contribution < 1.29 is 30.0 Å². The van der Waals surface area contributed by atoms with E-state index in [1.54, 1.807) is 18.2 Å². The highest BCUT2D eigenvalue weighted by molar-refractivity contribution is 6.31. The van der Waals surface area contributed by atoms with Crippen molar-refractivity contribution >= 4 is 17.4 Å². The number of rotatable bonds is 6. The molecule has 7 heteroatoms. The summed E-state index contributed by atoms with van der Waals surface area (Å²) in [6, 6.07) is 12.6. The molecule has 4 N–H and O–H groups in total. The van der Waals surface area contributed by atoms with Gasteiger partial charge in [0.25, 0.3) is 0 Å². The fourth-order valence-corrected chi connectivity index (χ4v) is 3.96. The summed E-state index contributed by atoms with van der Waals surface area (Å²) in [6.07, 6.45) is -4.00. The summed E-state index contributed by atoms with van der Waals surface area (Å²) in [5.74, 6) is -1.94. The molecule has 0 aromatic heterocycles. The average Bonchev–Trinajstić information content (AvgIpc) is 2.71. The van der Waals surface area contributed by atoms with Crippen LogP contribution in [0.25, 0.3) is 0 Å². The van der Waals surface area contributed by atoms with Gasteiger partial charge in [0, 0.05) is 5.02 Å². The third-order valence-electron chi connectivity index (χ3n) is 5.38. The molecule has 0 radical (unpaired) electrons. The fourth-order valence-electron chi connectivity index (χ4n) is 3.78. The number of benzene rings is 2. The summed E-state index contributed by atoms with van der Waals surface area (Å²) in [7, 11) is 0. The molecule has 1 aliphatic carbocycles. The normalized spacial score (nSPS) is 27.1. The molecule has 0 heterocycles. The van der Waals surface area contributed by atoms with Crippen molar-refractivity contribution in [2.24, 2.45) is 5.92 Å². The Kier molecular flexibility index (Phi) is 6.93. The lowest BCUT2D eigenvalue weighted by Crippen LogP contribution is -2.56. The number of hydrogen-bond donors (Lipinski definition) is 4. The number of Topliss-reactive ketones (excluding diaryl/α,β-unsaturated/α-hetero) is 1. The first kappa shape index (κ1) is 21.7. The second-order valence-corrected chi connectivity index (χ2v) is 7.65. The van der Waals surface area contributed by atoms with Gasteiger partial charge >= 0.3 is 0 Å². The van der Waals surface area contributed by atoms with Gasteiger partial charge < -0.3 is 25.2 Å². The monoisotopic (exact) mass is 420 g/mol. The van der Waals surface area contributed by atoms with Crippen molar-refractivity contribution in [1.82, 2.24) is 0 Å². The van der Waals surface area contributed by atoms with Crippen LogP contribution in [0.2, 0.25) is 5.02 Å². The number of carbonyl (C=O) groups is 1. The Morgan fingerprint density at radius 2 is 1.69 bits per heavy atom. The first-order valence-electron chi connectivity index (χ1n) is 9.56. The predicted octanol–water partition coefficient (Wildman–Crippen LogP) is 1.69. The zero-order valence-corrected chi connectivity index (χ0v) is 16.8. The maximum absolute atomic E-state index is 12.7. The van der Waals surface area contributed by atoms with Gasteiger partial charge in [-0.25, -0.2) is 0 Å². The standard InChI is InChI=1S/C22H25ClO6/c1-2-29-15-6-3-12(4-7-15)9-14-10-13(5-8-17(14)23)18-19(25)16(11-24)20(26)22(28)21(18)27/h3-8,10,16,18,20-22,24,26-28H,2,9,11H2,1H3/t16-,18+,20+,21-,22-/m0/s1. The van der Waals surface area contributed by atoms with E-state index in [0.29, 0.717) is 23.6 Å². The lowest BCUT2D eigenvalue weighted by molar-refractivity contribution is -0.158. The van der Waals surface area contributed by atoms with Gasteiger partial charge in [-0.3, -0.25) is 4.79 Å². The lowest BCUT2D eigenvalue weighted by atomic mass is 9.72. The molecule has 2 aromatic carbocycles. The average molecular weight is 421 g/mol. The van der Waals surface area contributed by atoms with Crippen molar-refractivity contribution in [3.63, 3.8) is 0 Å². The van der Waals surface area contributed by atoms with E-state index in [-0.39, 0.29) is 0 Å². The van der Waals surface area contributed by atoms with Crippen LogP contribution >= 0.6 is 11.6 Å². The van der Waals surface area contributed by atoms with Gasteiger partial charge in [-0.05, 0) is 48.2 Å². The molecule has 2 aromatic rings. The molecule has 0 bridgehead atoms. The topological polar surface area (TPSA) is 107 Å². The van der Waals surface area contributed by atoms with Gasteiger partial charge in [0.1, 0.15) is 11.9 Å². The van der Waals surface area contributed by atoms with E-state index < -0.39 is 42.5 Å². The van der Waals surface area contributed by atoms with Crippen LogP contribution in [0, 0.1) is 5.92 Å². The lowest BCUT2D eigenvalue weighted by Gasteiger charge is -2.39. The van der Waals surface area contributed by atoms with E-state index >= 15 is 0 Å². The molecular formula is C22H25ClO6. The molecule has 0 unspecified atom stereocenters. The number of aliphatic hydroxyl groups is 4. The van der Waals surface area contributed by atoms with Crippen molar-refractivity contribution in [3.8, 4) is 5.75 Å². The van der Waals surface area contributed by atoms with Crippen molar-refractivity contribution in [2.45, 2.75) is 37.6 Å². The van der Waals surface area contributed by atoms with Crippen molar-refractivity contribution in [2.75, 3.05) is 13.2 Å². The van der Waals surface area contributed by atoms with Gasteiger partial charge in [-0.1, -0.05) is 35.9 Å². The predicted molar refractivity (Wildman–Crippen MR) is 108 cm³/mol. The molecular weight excluding hydrogens is 396 g/mol. The summed E-state index contributed by atoms with van der Waals surface area (Å²) in [6.45, 7) is 1.89. The molecule has 1 saturated carbocycles. The van der Waals surface area contributed by atoms with Crippen molar-refractivity contribution in [1.29, 1.82) is 0 Å². The van der Waals surface area contributed by atoms with E-state index in [9.17, 15) is 25.2 Å². The SMILES string of the molecule is CCOc1ccc(Cc2cc([C@@H]3C(=O)[C@H](CO)[C@@H](O)[C@H](O)[C@H]3O)ccc2Cl)cc1. The minimum absolute atomic E-state index is 0.484. The van der Waals surface area contributed by atoms with Crippen LogP contribution in [-0.4, -0.2) is 57.7 Å². The summed E-state index contributed by atoms with van der Waals surface area (Å²) in [4.78, 5) is 12.7. The first-order chi connectivity index (χ1) is 13.9. The van der Waals surface area contributed by atoms with E-state index in [2.05, 4.69) is 0 Å². The third kappa shape index (κ3) is 4.47. The summed E-state index contributed by atoms with van der Waals surface area (Å²) in [5, 5.41) is 40.5. The Hall–Kier alpha value is -1.96. The molecule has 29 heavy (non-hydrogen) atoms. The van der Waals surface area contributed by atoms with Crippen LogP contribution in [0.15, 0.2) is 42.5 Å². The van der Waals surface area contributed by atoms with E-state index in [1.165, 1.54) is 0 Å². The molecule has 0 aliphatic heterocycles. The maximum atomic E-state index is 12.7. The fraction of sp³-hybridized carbons (Fsp3) is 0.409. The number of hydrogen-bond acceptors (Lipinski definition) is 6. The van der Waals surface area contributed by atoms with Crippen LogP contribution in [0.4, 0.5) is 0 Å². The number of ketones is 1. The summed E-state index contributed by atoms with van der Waals surface area (Å²) >= 11 is 6.35. The zero-order valence-electron chi connectivity index (χ0n) is 16.0. The minimum Gasteiger partial charge on any atom is -0.494 e. The Balaban J connectivity index is 1.88. The van der Waals surface area contributed by atoms with E-state index in [4.69, 9.17) is 16.3 Å². The first-order valence-corrected chi connectivity index (χ1v) is 9.94. The molecule has 6 nitrogen and oxygen atoms in total. The summed E-state index contributed by atoms with van der Waals surface area (Å²) < 4.78 is 5.44. The van der Waals surface area contributed by atoms with Gasteiger partial charge in [0.2, 0.25) is 0 Å². The molecule has 156 valence electrons. The molecule has 0 spiro atoms. The highest BCUT2D eigenvalue weighted by atomic mass is 35.5. The highest BCUT2D eigenvalue weighted by Gasteiger charge is 2.48. The van der Waals surface area contributed by atoms with Crippen molar-refractivity contribution in [3.05, 3.63) is 64.2 Å². The number of carbonyl (C=O) groups excluding carboxylic acids is 1. The molecule has 1 aliphatic rings. The smallest absolute Gasteiger partial charge is 0.151 e. The summed E-state index contributed by atoms with van der Waals surface area (Å²) in [5.41, 5.74) is 2.23. The minimum atomic E-state index is -1.53. The quantitative estimate of drug-likeness (QED) is 0.566. The molecule has 1 fully saturated rings. The zero-order chi connectivity index (χ0) is 21.1. The molecule has 3 rings (SSSR count). The largest absolute Gasteiger partial charge is 0.494 e. The Morgan fingerprint density at radius 3 is 2.31 bits per heavy atom. The second-order valence-electron chi connectivity index (χ2n) is 7.25. The van der Waals surface area contributed by atoms with Crippen LogP contribution < -0.4 is 4.74 Å². The highest BCUT2D eigenvalue weighted by Crippen LogP contribution is 2.36. The van der Waals surface area contributed by atoms with Gasteiger partial charge in [-0.2, -0.15) is 0 Å². The van der Waals surface area contributed by atoms with Gasteiger partial charge in [0.05, 0.1) is 37.3 Å². The van der Waals surface area contributed by atoms with Gasteiger partial charge in [0.15, 0.2) is 5.78 Å². The number of ether oxygens (including phenoxy) is 1. The van der Waals surface area contributed by atoms with Gasteiger partial charge in [-0.15, -0.1) is 0 Å². The maximum Gasteiger partial charge on any atom is 0.151 e. The Bertz CT molecular complexity index is 853. The second kappa shape index (κ2) is 9.24. The van der Waals surface area contributed by atoms with Crippen LogP contribution in [0.1, 0.15) is 29.5 Å². The van der Waals surface area contributed by atoms with Crippen LogP contribution in [-0.2, 0) is 11.2 Å². The molecule has 5 atom stereocenters. The third-order valence-corrected chi connectivity index (χ3v) is 5.75. The Labute approximate surface area is 174 Å². The molecule has 0 saturated heterocycles. The van der Waals surface area contributed by atoms with E-state index in [1.807, 2.05) is 31.2 Å². The molecule has 0 amide bonds. The van der Waals surface area contributed by atoms with Crippen LogP contribution in [0.3, 0.4) is 0 Å². The number of aliphatic hydroxyl groups excluding tert-OH is 4. The van der Waals surface area contributed by atoms with Crippen LogP contribution in [0.5, 0.6) is 5.75 Å². The number of halogens is 1. The Morgan fingerprint density at radius 1 is 1.00 bits per heavy atom. The van der Waals surface area contributed by atoms with E-state index in [0.717, 1.165) is 16.9 Å².